The maximum absolute atomic E-state index is 13.2. The third-order valence-corrected chi connectivity index (χ3v) is 9.36. The number of aromatic nitrogens is 3. The first-order chi connectivity index (χ1) is 17.1. The Balaban J connectivity index is 0.994. The van der Waals surface area contributed by atoms with Crippen molar-refractivity contribution in [1.29, 1.82) is 0 Å². The van der Waals surface area contributed by atoms with Crippen molar-refractivity contribution in [2.24, 2.45) is 7.05 Å². The number of ether oxygens (including phenoxy) is 1. The fourth-order valence-electron chi connectivity index (χ4n) is 7.33. The summed E-state index contributed by atoms with van der Waals surface area (Å²) in [6, 6.07) is 5.22. The van der Waals surface area contributed by atoms with Crippen LogP contribution in [0.15, 0.2) is 12.1 Å². The SMILES string of the molecule is Cn1nc(C(=O)NC2CCN(CCN3CCCC3)CC2)c2ccc(N3C4CCCC45OCC35)nc21. The van der Waals surface area contributed by atoms with Crippen LogP contribution in [0.5, 0.6) is 0 Å². The Morgan fingerprint density at radius 2 is 1.83 bits per heavy atom. The summed E-state index contributed by atoms with van der Waals surface area (Å²) >= 11 is 0. The average molecular weight is 480 g/mol. The van der Waals surface area contributed by atoms with Gasteiger partial charge >= 0.3 is 0 Å². The second-order valence-corrected chi connectivity index (χ2v) is 11.2. The molecule has 0 radical (unpaired) electrons. The number of fused-ring (bicyclic) bond motifs is 1. The maximum Gasteiger partial charge on any atom is 0.272 e. The Bertz CT molecular complexity index is 1120. The zero-order valence-electron chi connectivity index (χ0n) is 20.8. The number of anilines is 1. The molecule has 1 spiro atoms. The fraction of sp³-hybridized carbons (Fsp3) is 0.731. The molecular weight excluding hydrogens is 442 g/mol. The van der Waals surface area contributed by atoms with Crippen LogP contribution in [-0.2, 0) is 11.8 Å². The van der Waals surface area contributed by atoms with Crippen molar-refractivity contribution in [3.8, 4) is 0 Å². The smallest absolute Gasteiger partial charge is 0.272 e. The molecule has 9 nitrogen and oxygen atoms in total. The van der Waals surface area contributed by atoms with Gasteiger partial charge in [0.05, 0.1) is 24.1 Å². The van der Waals surface area contributed by atoms with Gasteiger partial charge in [-0.2, -0.15) is 5.10 Å². The second-order valence-electron chi connectivity index (χ2n) is 11.2. The molecule has 1 amide bonds. The number of likely N-dealkylation sites (tertiary alicyclic amines) is 2. The van der Waals surface area contributed by atoms with Crippen molar-refractivity contribution in [2.45, 2.75) is 68.7 Å². The molecule has 9 heteroatoms. The number of nitrogens with zero attached hydrogens (tertiary/aromatic N) is 6. The number of piperidine rings is 1. The number of carbonyl (C=O) groups is 1. The van der Waals surface area contributed by atoms with E-state index in [4.69, 9.17) is 9.72 Å². The minimum absolute atomic E-state index is 0.0770. The van der Waals surface area contributed by atoms with Crippen LogP contribution in [0.3, 0.4) is 0 Å². The van der Waals surface area contributed by atoms with Gasteiger partial charge in [0.2, 0.25) is 0 Å². The summed E-state index contributed by atoms with van der Waals surface area (Å²) in [5, 5.41) is 8.68. The number of hydrogen-bond donors (Lipinski definition) is 1. The summed E-state index contributed by atoms with van der Waals surface area (Å²) < 4.78 is 7.77. The highest BCUT2D eigenvalue weighted by Crippen LogP contribution is 2.57. The van der Waals surface area contributed by atoms with Gasteiger partial charge in [-0.25, -0.2) is 9.67 Å². The number of hydrogen-bond acceptors (Lipinski definition) is 7. The largest absolute Gasteiger partial charge is 0.368 e. The minimum atomic E-state index is -0.0770. The summed E-state index contributed by atoms with van der Waals surface area (Å²) in [5.74, 6) is 0.913. The van der Waals surface area contributed by atoms with Crippen LogP contribution in [0.25, 0.3) is 11.0 Å². The lowest BCUT2D eigenvalue weighted by molar-refractivity contribution is -0.220. The monoisotopic (exact) mass is 479 g/mol. The zero-order chi connectivity index (χ0) is 23.6. The molecule has 188 valence electrons. The van der Waals surface area contributed by atoms with E-state index in [1.54, 1.807) is 4.68 Å². The fourth-order valence-corrected chi connectivity index (χ4v) is 7.33. The highest BCUT2D eigenvalue weighted by molar-refractivity contribution is 6.04. The lowest BCUT2D eigenvalue weighted by Gasteiger charge is -2.67. The summed E-state index contributed by atoms with van der Waals surface area (Å²) in [5.41, 5.74) is 1.36. The molecule has 5 aliphatic rings. The van der Waals surface area contributed by atoms with Crippen LogP contribution in [0, 0.1) is 0 Å². The van der Waals surface area contributed by atoms with E-state index in [0.29, 0.717) is 17.8 Å². The second kappa shape index (κ2) is 8.42. The maximum atomic E-state index is 13.2. The van der Waals surface area contributed by atoms with Crippen LogP contribution in [-0.4, -0.2) is 100 Å². The molecule has 4 aliphatic heterocycles. The first kappa shape index (κ1) is 22.0. The van der Waals surface area contributed by atoms with E-state index in [1.807, 2.05) is 13.1 Å². The van der Waals surface area contributed by atoms with Gasteiger partial charge in [0.15, 0.2) is 11.3 Å². The summed E-state index contributed by atoms with van der Waals surface area (Å²) in [4.78, 5) is 25.7. The van der Waals surface area contributed by atoms with Crippen LogP contribution in [0.1, 0.15) is 55.4 Å². The van der Waals surface area contributed by atoms with E-state index in [-0.39, 0.29) is 17.6 Å². The van der Waals surface area contributed by atoms with Crippen LogP contribution < -0.4 is 10.2 Å². The number of amides is 1. The Morgan fingerprint density at radius 1 is 1.06 bits per heavy atom. The molecule has 3 atom stereocenters. The molecule has 1 aliphatic carbocycles. The van der Waals surface area contributed by atoms with Crippen molar-refractivity contribution in [2.75, 3.05) is 50.8 Å². The van der Waals surface area contributed by atoms with Crippen LogP contribution >= 0.6 is 0 Å². The van der Waals surface area contributed by atoms with Crippen molar-refractivity contribution >= 4 is 22.8 Å². The quantitative estimate of drug-likeness (QED) is 0.677. The van der Waals surface area contributed by atoms with Crippen molar-refractivity contribution in [3.63, 3.8) is 0 Å². The molecule has 1 saturated carbocycles. The van der Waals surface area contributed by atoms with Gasteiger partial charge in [0.25, 0.3) is 5.91 Å². The van der Waals surface area contributed by atoms with E-state index >= 15 is 0 Å². The van der Waals surface area contributed by atoms with Gasteiger partial charge in [-0.05, 0) is 70.2 Å². The van der Waals surface area contributed by atoms with Gasteiger partial charge in [0.1, 0.15) is 11.4 Å². The Labute approximate surface area is 206 Å². The number of rotatable bonds is 6. The third kappa shape index (κ3) is 3.49. The number of aryl methyl sites for hydroxylation is 1. The van der Waals surface area contributed by atoms with Crippen molar-refractivity contribution in [3.05, 3.63) is 17.8 Å². The molecule has 3 unspecified atom stereocenters. The molecule has 4 saturated heterocycles. The molecule has 6 heterocycles. The van der Waals surface area contributed by atoms with E-state index in [1.165, 1.54) is 51.7 Å². The number of nitrogens with one attached hydrogen (secondary N) is 1. The van der Waals surface area contributed by atoms with Gasteiger partial charge < -0.3 is 24.8 Å². The molecule has 2 aromatic rings. The average Bonchev–Trinajstić information content (AvgIpc) is 3.60. The van der Waals surface area contributed by atoms with Gasteiger partial charge in [0, 0.05) is 39.3 Å². The number of pyridine rings is 1. The van der Waals surface area contributed by atoms with E-state index in [9.17, 15) is 4.79 Å². The molecule has 1 N–H and O–H groups in total. The number of morpholine rings is 1. The zero-order valence-corrected chi connectivity index (χ0v) is 20.8. The summed E-state index contributed by atoms with van der Waals surface area (Å²) in [6.07, 6.45) is 8.28. The predicted molar refractivity (Wildman–Crippen MR) is 134 cm³/mol. The lowest BCUT2D eigenvalue weighted by Crippen LogP contribution is -2.83. The van der Waals surface area contributed by atoms with Crippen molar-refractivity contribution < 1.29 is 9.53 Å². The first-order valence-corrected chi connectivity index (χ1v) is 13.6. The Kier molecular flexibility index (Phi) is 5.29. The normalized spacial score (nSPS) is 31.3. The summed E-state index contributed by atoms with van der Waals surface area (Å²) in [7, 11) is 1.89. The molecule has 5 fully saturated rings. The highest BCUT2D eigenvalue weighted by atomic mass is 16.5. The third-order valence-electron chi connectivity index (χ3n) is 9.36. The molecule has 7 rings (SSSR count). The molecule has 0 aromatic carbocycles. The Hall–Kier alpha value is -2.23. The first-order valence-electron chi connectivity index (χ1n) is 13.6. The molecule has 2 aromatic heterocycles. The van der Waals surface area contributed by atoms with Crippen LogP contribution in [0.4, 0.5) is 5.82 Å². The molecule has 35 heavy (non-hydrogen) atoms. The molecule has 0 bridgehead atoms. The van der Waals surface area contributed by atoms with Gasteiger partial charge in [-0.3, -0.25) is 4.79 Å². The summed E-state index contributed by atoms with van der Waals surface area (Å²) in [6.45, 7) is 7.74. The molecular formula is C26H37N7O2. The highest BCUT2D eigenvalue weighted by Gasteiger charge is 2.69. The standard InChI is InChI=1S/C26H37N7O2/c1-30-24-19(6-7-22(28-24)33-20-5-4-10-26(20)21(33)17-35-26)23(29-30)25(34)27-18-8-13-32(14-9-18)16-15-31-11-2-3-12-31/h6-7,18,20-21H,2-5,8-17H2,1H3,(H,27,34). The van der Waals surface area contributed by atoms with E-state index < -0.39 is 0 Å². The van der Waals surface area contributed by atoms with E-state index in [2.05, 4.69) is 31.2 Å². The topological polar surface area (TPSA) is 78.8 Å². The minimum Gasteiger partial charge on any atom is -0.368 e. The number of carbonyl (C=O) groups excluding carboxylic acids is 1. The van der Waals surface area contributed by atoms with E-state index in [0.717, 1.165) is 55.9 Å². The lowest BCUT2D eigenvalue weighted by atomic mass is 9.73. The Morgan fingerprint density at radius 3 is 2.57 bits per heavy atom. The van der Waals surface area contributed by atoms with Gasteiger partial charge in [-0.15, -0.1) is 0 Å². The van der Waals surface area contributed by atoms with Crippen molar-refractivity contribution in [1.82, 2.24) is 29.9 Å². The predicted octanol–water partition coefficient (Wildman–Crippen LogP) is 1.77. The van der Waals surface area contributed by atoms with Gasteiger partial charge in [-0.1, -0.05) is 0 Å². The van der Waals surface area contributed by atoms with Crippen LogP contribution in [0.2, 0.25) is 0 Å².